The molecule has 2 aromatic heterocycles. The number of nitrogens with one attached hydrogen (secondary N) is 1. The summed E-state index contributed by atoms with van der Waals surface area (Å²) < 4.78 is 5.26. The largest absolute Gasteiger partial charge is 0.497 e. The fraction of sp³-hybridized carbons (Fsp3) is 0.118. The number of benzene rings is 1. The van der Waals surface area contributed by atoms with Crippen molar-refractivity contribution in [1.82, 2.24) is 15.0 Å². The van der Waals surface area contributed by atoms with Gasteiger partial charge in [0.25, 0.3) is 0 Å². The van der Waals surface area contributed by atoms with Gasteiger partial charge in [0, 0.05) is 23.3 Å². The van der Waals surface area contributed by atoms with Gasteiger partial charge in [-0.05, 0) is 30.5 Å². The lowest BCUT2D eigenvalue weighted by Gasteiger charge is -2.10. The number of anilines is 2. The van der Waals surface area contributed by atoms with Crippen LogP contribution >= 0.6 is 11.8 Å². The number of rotatable bonds is 5. The van der Waals surface area contributed by atoms with Gasteiger partial charge in [0.1, 0.15) is 11.6 Å². The average molecular weight is 324 g/mol. The lowest BCUT2D eigenvalue weighted by atomic mass is 10.2. The highest BCUT2D eigenvalue weighted by atomic mass is 32.2. The molecule has 6 heteroatoms. The number of hydrogen-bond donors (Lipinski definition) is 1. The molecule has 0 spiro atoms. The van der Waals surface area contributed by atoms with Crippen molar-refractivity contribution in [3.63, 3.8) is 0 Å². The van der Waals surface area contributed by atoms with Crippen LogP contribution in [0.4, 0.5) is 11.5 Å². The Morgan fingerprint density at radius 2 is 2.13 bits per heavy atom. The SMILES string of the molecule is C/C=C/Sc1nc(Nc2cccc(OC)c2)c2ccncc2n1. The third kappa shape index (κ3) is 3.60. The number of hydrogen-bond acceptors (Lipinski definition) is 6. The van der Waals surface area contributed by atoms with Crippen LogP contribution < -0.4 is 10.1 Å². The van der Waals surface area contributed by atoms with Gasteiger partial charge in [-0.3, -0.25) is 4.98 Å². The van der Waals surface area contributed by atoms with Gasteiger partial charge in [0.15, 0.2) is 5.16 Å². The first-order valence-corrected chi connectivity index (χ1v) is 7.99. The zero-order valence-corrected chi connectivity index (χ0v) is 13.7. The number of ether oxygens (including phenoxy) is 1. The van der Waals surface area contributed by atoms with E-state index in [-0.39, 0.29) is 0 Å². The van der Waals surface area contributed by atoms with Crippen LogP contribution in [0.25, 0.3) is 10.9 Å². The predicted octanol–water partition coefficient (Wildman–Crippen LogP) is 4.40. The second-order valence-corrected chi connectivity index (χ2v) is 5.56. The molecule has 0 aliphatic rings. The van der Waals surface area contributed by atoms with Crippen LogP contribution in [0.3, 0.4) is 0 Å². The van der Waals surface area contributed by atoms with E-state index in [0.29, 0.717) is 5.16 Å². The van der Waals surface area contributed by atoms with Gasteiger partial charge in [0.05, 0.1) is 18.8 Å². The summed E-state index contributed by atoms with van der Waals surface area (Å²) in [6.07, 6.45) is 5.44. The number of pyridine rings is 1. The number of nitrogens with zero attached hydrogens (tertiary/aromatic N) is 3. The molecule has 0 bridgehead atoms. The van der Waals surface area contributed by atoms with Crippen molar-refractivity contribution in [3.8, 4) is 5.75 Å². The van der Waals surface area contributed by atoms with Gasteiger partial charge in [-0.2, -0.15) is 0 Å². The maximum absolute atomic E-state index is 5.26. The van der Waals surface area contributed by atoms with Crippen molar-refractivity contribution in [3.05, 3.63) is 54.2 Å². The summed E-state index contributed by atoms with van der Waals surface area (Å²) in [5.41, 5.74) is 1.71. The van der Waals surface area contributed by atoms with E-state index >= 15 is 0 Å². The summed E-state index contributed by atoms with van der Waals surface area (Å²) >= 11 is 1.47. The third-order valence-electron chi connectivity index (χ3n) is 3.12. The Bertz CT molecular complexity index is 851. The molecule has 0 saturated carbocycles. The fourth-order valence-electron chi connectivity index (χ4n) is 2.07. The molecule has 1 N–H and O–H groups in total. The van der Waals surface area contributed by atoms with Gasteiger partial charge >= 0.3 is 0 Å². The second-order valence-electron chi connectivity index (χ2n) is 4.69. The highest BCUT2D eigenvalue weighted by Gasteiger charge is 2.08. The number of methoxy groups -OCH3 is 1. The summed E-state index contributed by atoms with van der Waals surface area (Å²) in [6, 6.07) is 9.63. The van der Waals surface area contributed by atoms with E-state index in [4.69, 9.17) is 4.74 Å². The summed E-state index contributed by atoms with van der Waals surface area (Å²) in [6.45, 7) is 1.96. The second kappa shape index (κ2) is 7.11. The van der Waals surface area contributed by atoms with Gasteiger partial charge in [0.2, 0.25) is 0 Å². The maximum atomic E-state index is 5.26. The summed E-state index contributed by atoms with van der Waals surface area (Å²) in [4.78, 5) is 13.3. The molecular weight excluding hydrogens is 308 g/mol. The average Bonchev–Trinajstić information content (AvgIpc) is 2.60. The fourth-order valence-corrected chi connectivity index (χ4v) is 2.63. The molecule has 3 rings (SSSR count). The van der Waals surface area contributed by atoms with Crippen molar-refractivity contribution in [2.75, 3.05) is 12.4 Å². The van der Waals surface area contributed by atoms with Crippen LogP contribution in [0, 0.1) is 0 Å². The van der Waals surface area contributed by atoms with E-state index in [9.17, 15) is 0 Å². The number of aromatic nitrogens is 3. The number of fused-ring (bicyclic) bond motifs is 1. The van der Waals surface area contributed by atoms with Gasteiger partial charge in [-0.25, -0.2) is 9.97 Å². The molecule has 5 nitrogen and oxygen atoms in total. The van der Waals surface area contributed by atoms with Crippen LogP contribution in [0.5, 0.6) is 5.75 Å². The highest BCUT2D eigenvalue weighted by molar-refractivity contribution is 8.02. The lowest BCUT2D eigenvalue weighted by Crippen LogP contribution is -1.99. The Hall–Kier alpha value is -2.60. The van der Waals surface area contributed by atoms with Crippen molar-refractivity contribution in [2.45, 2.75) is 12.1 Å². The van der Waals surface area contributed by atoms with Crippen molar-refractivity contribution in [2.24, 2.45) is 0 Å². The number of allylic oxidation sites excluding steroid dienone is 1. The minimum atomic E-state index is 0.675. The summed E-state index contributed by atoms with van der Waals surface area (Å²) in [5, 5.41) is 6.89. The first-order chi connectivity index (χ1) is 11.3. The zero-order valence-electron chi connectivity index (χ0n) is 12.9. The Labute approximate surface area is 138 Å². The van der Waals surface area contributed by atoms with Crippen LogP contribution in [-0.2, 0) is 0 Å². The quantitative estimate of drug-likeness (QED) is 0.554. The molecule has 0 aliphatic heterocycles. The van der Waals surface area contributed by atoms with Crippen molar-refractivity contribution >= 4 is 34.2 Å². The molecule has 116 valence electrons. The standard InChI is InChI=1S/C17H16N4OS/c1-3-9-23-17-20-15-11-18-8-7-14(15)16(21-17)19-12-5-4-6-13(10-12)22-2/h3-11H,1-2H3,(H,19,20,21)/b9-3+. The van der Waals surface area contributed by atoms with Crippen LogP contribution in [0.2, 0.25) is 0 Å². The molecule has 0 atom stereocenters. The molecule has 0 fully saturated rings. The van der Waals surface area contributed by atoms with Gasteiger partial charge < -0.3 is 10.1 Å². The maximum Gasteiger partial charge on any atom is 0.194 e. The molecule has 3 aromatic rings. The molecule has 23 heavy (non-hydrogen) atoms. The monoisotopic (exact) mass is 324 g/mol. The smallest absolute Gasteiger partial charge is 0.194 e. The molecule has 2 heterocycles. The molecular formula is C17H16N4OS. The van der Waals surface area contributed by atoms with Crippen molar-refractivity contribution < 1.29 is 4.74 Å². The van der Waals surface area contributed by atoms with E-state index in [1.54, 1.807) is 19.5 Å². The Morgan fingerprint density at radius 3 is 2.96 bits per heavy atom. The first kappa shape index (κ1) is 15.3. The highest BCUT2D eigenvalue weighted by Crippen LogP contribution is 2.28. The Balaban J connectivity index is 2.03. The van der Waals surface area contributed by atoms with E-state index in [2.05, 4.69) is 20.3 Å². The summed E-state index contributed by atoms with van der Waals surface area (Å²) in [7, 11) is 1.65. The van der Waals surface area contributed by atoms with Crippen LogP contribution in [0.15, 0.2) is 59.4 Å². The van der Waals surface area contributed by atoms with Crippen LogP contribution in [-0.4, -0.2) is 22.1 Å². The van der Waals surface area contributed by atoms with Gasteiger partial charge in [-0.15, -0.1) is 0 Å². The lowest BCUT2D eigenvalue weighted by molar-refractivity contribution is 0.415. The molecule has 1 aromatic carbocycles. The summed E-state index contributed by atoms with van der Waals surface area (Å²) in [5.74, 6) is 1.54. The minimum absolute atomic E-state index is 0.675. The minimum Gasteiger partial charge on any atom is -0.497 e. The predicted molar refractivity (Wildman–Crippen MR) is 94.3 cm³/mol. The first-order valence-electron chi connectivity index (χ1n) is 7.11. The number of thioether (sulfide) groups is 1. The van der Waals surface area contributed by atoms with E-state index in [0.717, 1.165) is 28.2 Å². The topological polar surface area (TPSA) is 59.9 Å². The molecule has 0 aliphatic carbocycles. The molecule has 0 unspecified atom stereocenters. The molecule has 0 amide bonds. The van der Waals surface area contributed by atoms with Crippen molar-refractivity contribution in [1.29, 1.82) is 0 Å². The van der Waals surface area contributed by atoms with E-state index in [1.165, 1.54) is 11.8 Å². The van der Waals surface area contributed by atoms with Gasteiger partial charge in [-0.1, -0.05) is 23.9 Å². The van der Waals surface area contributed by atoms with E-state index < -0.39 is 0 Å². The van der Waals surface area contributed by atoms with Crippen LogP contribution in [0.1, 0.15) is 6.92 Å². The van der Waals surface area contributed by atoms with E-state index in [1.807, 2.05) is 48.7 Å². The molecule has 0 saturated heterocycles. The Morgan fingerprint density at radius 1 is 1.22 bits per heavy atom. The third-order valence-corrected chi connectivity index (χ3v) is 3.92. The molecule has 0 radical (unpaired) electrons. The normalized spacial score (nSPS) is 11.0. The zero-order chi connectivity index (χ0) is 16.1. The Kier molecular flexibility index (Phi) is 4.73.